The van der Waals surface area contributed by atoms with E-state index in [-0.39, 0.29) is 5.56 Å². The second-order valence-electron chi connectivity index (χ2n) is 2.24. The normalized spacial score (nSPS) is 10.8. The molecule has 12 heavy (non-hydrogen) atoms. The van der Waals surface area contributed by atoms with Crippen molar-refractivity contribution in [3.05, 3.63) is 29.1 Å². The van der Waals surface area contributed by atoms with Gasteiger partial charge in [0.2, 0.25) is 5.95 Å². The molecule has 0 atom stereocenters. The van der Waals surface area contributed by atoms with Crippen molar-refractivity contribution >= 4 is 0 Å². The molecule has 0 spiro atoms. The first-order valence-electron chi connectivity index (χ1n) is 3.13. The molecule has 0 unspecified atom stereocenters. The molecule has 0 bridgehead atoms. The van der Waals surface area contributed by atoms with Gasteiger partial charge in [-0.05, 0) is 6.92 Å². The van der Waals surface area contributed by atoms with Gasteiger partial charge in [-0.1, -0.05) is 0 Å². The van der Waals surface area contributed by atoms with Crippen molar-refractivity contribution in [3.63, 3.8) is 0 Å². The zero-order valence-electron chi connectivity index (χ0n) is 6.11. The summed E-state index contributed by atoms with van der Waals surface area (Å²) >= 11 is 0. The fourth-order valence-corrected chi connectivity index (χ4v) is 0.779. The smallest absolute Gasteiger partial charge is 0.218 e. The number of alkyl halides is 2. The Morgan fingerprint density at radius 1 is 1.33 bits per heavy atom. The maximum atomic E-state index is 12.6. The molecule has 5 heteroatoms. The van der Waals surface area contributed by atoms with Crippen molar-refractivity contribution in [2.24, 2.45) is 0 Å². The molecule has 1 aromatic heterocycles. The Hall–Kier alpha value is -1.13. The number of hydrogen-bond donors (Lipinski definition) is 0. The van der Waals surface area contributed by atoms with Gasteiger partial charge in [0.25, 0.3) is 6.43 Å². The number of rotatable bonds is 1. The maximum absolute atomic E-state index is 12.6. The van der Waals surface area contributed by atoms with E-state index in [9.17, 15) is 17.6 Å². The van der Waals surface area contributed by atoms with Crippen molar-refractivity contribution in [3.8, 4) is 0 Å². The lowest BCUT2D eigenvalue weighted by atomic mass is 10.2. The summed E-state index contributed by atoms with van der Waals surface area (Å²) in [5.41, 5.74) is -1.15. The van der Waals surface area contributed by atoms with Gasteiger partial charge < -0.3 is 0 Å². The number of nitrogens with zero attached hydrogens (tertiary/aromatic N) is 1. The molecule has 0 aliphatic carbocycles. The largest absolute Gasteiger partial charge is 0.280 e. The standard InChI is InChI=1S/C7H5F4N/c1-3-4(8)2-5(9)12-6(3)7(10)11/h2,7H,1H3. The van der Waals surface area contributed by atoms with Gasteiger partial charge in [-0.25, -0.2) is 18.2 Å². The van der Waals surface area contributed by atoms with Crippen molar-refractivity contribution < 1.29 is 17.6 Å². The molecule has 0 N–H and O–H groups in total. The van der Waals surface area contributed by atoms with E-state index in [1.54, 1.807) is 0 Å². The predicted molar refractivity (Wildman–Crippen MR) is 33.8 cm³/mol. The molecule has 0 aromatic carbocycles. The van der Waals surface area contributed by atoms with Crippen LogP contribution in [0.15, 0.2) is 6.07 Å². The summed E-state index contributed by atoms with van der Waals surface area (Å²) in [6.07, 6.45) is -2.95. The van der Waals surface area contributed by atoms with Crippen molar-refractivity contribution in [1.82, 2.24) is 4.98 Å². The third kappa shape index (κ3) is 1.54. The van der Waals surface area contributed by atoms with Crippen LogP contribution in [0.4, 0.5) is 17.6 Å². The van der Waals surface area contributed by atoms with Crippen LogP contribution in [0.25, 0.3) is 0 Å². The molecule has 0 aliphatic rings. The van der Waals surface area contributed by atoms with Crippen LogP contribution >= 0.6 is 0 Å². The van der Waals surface area contributed by atoms with Gasteiger partial charge in [-0.3, -0.25) is 0 Å². The average molecular weight is 179 g/mol. The van der Waals surface area contributed by atoms with Crippen molar-refractivity contribution in [2.75, 3.05) is 0 Å². The third-order valence-electron chi connectivity index (χ3n) is 1.42. The Morgan fingerprint density at radius 3 is 2.42 bits per heavy atom. The number of halogens is 4. The van der Waals surface area contributed by atoms with Gasteiger partial charge in [0.05, 0.1) is 0 Å². The van der Waals surface area contributed by atoms with E-state index in [2.05, 4.69) is 4.98 Å². The zero-order chi connectivity index (χ0) is 9.30. The molecule has 66 valence electrons. The van der Waals surface area contributed by atoms with Gasteiger partial charge >= 0.3 is 0 Å². The summed E-state index contributed by atoms with van der Waals surface area (Å²) < 4.78 is 48.9. The first-order valence-corrected chi connectivity index (χ1v) is 3.13. The second kappa shape index (κ2) is 3.08. The Balaban J connectivity index is 3.28. The number of pyridine rings is 1. The lowest BCUT2D eigenvalue weighted by molar-refractivity contribution is 0.143. The summed E-state index contributed by atoms with van der Waals surface area (Å²) in [4.78, 5) is 2.88. The molecule has 0 saturated carbocycles. The molecular weight excluding hydrogens is 174 g/mol. The monoisotopic (exact) mass is 179 g/mol. The fraction of sp³-hybridized carbons (Fsp3) is 0.286. The van der Waals surface area contributed by atoms with E-state index in [0.29, 0.717) is 6.07 Å². The molecule has 0 aliphatic heterocycles. The summed E-state index contributed by atoms with van der Waals surface area (Å²) in [6.45, 7) is 1.13. The summed E-state index contributed by atoms with van der Waals surface area (Å²) in [6, 6.07) is 0.473. The topological polar surface area (TPSA) is 12.9 Å². The average Bonchev–Trinajstić information content (AvgIpc) is 1.96. The number of aromatic nitrogens is 1. The minimum Gasteiger partial charge on any atom is -0.218 e. The Kier molecular flexibility index (Phi) is 2.30. The van der Waals surface area contributed by atoms with Crippen LogP contribution in [0.3, 0.4) is 0 Å². The van der Waals surface area contributed by atoms with Crippen LogP contribution in [0.1, 0.15) is 17.7 Å². The highest BCUT2D eigenvalue weighted by atomic mass is 19.3. The van der Waals surface area contributed by atoms with Gasteiger partial charge in [0, 0.05) is 11.6 Å². The predicted octanol–water partition coefficient (Wildman–Crippen LogP) is 2.61. The minimum atomic E-state index is -2.95. The first kappa shape index (κ1) is 8.96. The fourth-order valence-electron chi connectivity index (χ4n) is 0.779. The molecule has 1 heterocycles. The summed E-state index contributed by atoms with van der Waals surface area (Å²) in [5, 5.41) is 0. The van der Waals surface area contributed by atoms with Crippen LogP contribution in [0, 0.1) is 18.7 Å². The maximum Gasteiger partial charge on any atom is 0.280 e. The SMILES string of the molecule is Cc1c(F)cc(F)nc1C(F)F. The second-order valence-corrected chi connectivity index (χ2v) is 2.24. The Bertz CT molecular complexity index is 298. The van der Waals surface area contributed by atoms with Crippen molar-refractivity contribution in [1.29, 1.82) is 0 Å². The molecule has 0 saturated heterocycles. The van der Waals surface area contributed by atoms with Gasteiger partial charge in [0.1, 0.15) is 11.5 Å². The molecule has 0 radical (unpaired) electrons. The van der Waals surface area contributed by atoms with Crippen LogP contribution in [-0.2, 0) is 0 Å². The van der Waals surface area contributed by atoms with E-state index in [0.717, 1.165) is 6.92 Å². The van der Waals surface area contributed by atoms with Crippen LogP contribution < -0.4 is 0 Å². The van der Waals surface area contributed by atoms with E-state index in [1.807, 2.05) is 0 Å². The highest BCUT2D eigenvalue weighted by Gasteiger charge is 2.16. The van der Waals surface area contributed by atoms with Gasteiger partial charge in [-0.2, -0.15) is 4.39 Å². The van der Waals surface area contributed by atoms with E-state index < -0.39 is 23.9 Å². The molecule has 0 amide bonds. The summed E-state index contributed by atoms with van der Waals surface area (Å²) in [7, 11) is 0. The highest BCUT2D eigenvalue weighted by molar-refractivity contribution is 5.21. The number of hydrogen-bond acceptors (Lipinski definition) is 1. The first-order chi connectivity index (χ1) is 5.52. The van der Waals surface area contributed by atoms with E-state index >= 15 is 0 Å². The third-order valence-corrected chi connectivity index (χ3v) is 1.42. The zero-order valence-corrected chi connectivity index (χ0v) is 6.11. The van der Waals surface area contributed by atoms with Gasteiger partial charge in [0.15, 0.2) is 0 Å². The molecule has 0 fully saturated rings. The minimum absolute atomic E-state index is 0.314. The molecule has 1 rings (SSSR count). The quantitative estimate of drug-likeness (QED) is 0.477. The molecule has 1 aromatic rings. The van der Waals surface area contributed by atoms with Crippen LogP contribution in [0.5, 0.6) is 0 Å². The van der Waals surface area contributed by atoms with E-state index in [1.165, 1.54) is 0 Å². The Morgan fingerprint density at radius 2 is 1.92 bits per heavy atom. The van der Waals surface area contributed by atoms with Gasteiger partial charge in [-0.15, -0.1) is 0 Å². The van der Waals surface area contributed by atoms with Crippen LogP contribution in [-0.4, -0.2) is 4.98 Å². The van der Waals surface area contributed by atoms with Crippen molar-refractivity contribution in [2.45, 2.75) is 13.3 Å². The van der Waals surface area contributed by atoms with Crippen LogP contribution in [0.2, 0.25) is 0 Å². The Labute approximate surface area is 66.0 Å². The molecular formula is C7H5F4N. The summed E-state index contributed by atoms with van der Waals surface area (Å²) in [5.74, 6) is -2.23. The lowest BCUT2D eigenvalue weighted by Crippen LogP contribution is -2.00. The molecule has 1 nitrogen and oxygen atoms in total. The highest BCUT2D eigenvalue weighted by Crippen LogP contribution is 2.22. The van der Waals surface area contributed by atoms with E-state index in [4.69, 9.17) is 0 Å². The lowest BCUT2D eigenvalue weighted by Gasteiger charge is -2.03.